The van der Waals surface area contributed by atoms with E-state index < -0.39 is 0 Å². The molecule has 1 heterocycles. The molecule has 146 valence electrons. The number of thioether (sulfide) groups is 1. The Balaban J connectivity index is 2.36. The highest BCUT2D eigenvalue weighted by Crippen LogP contribution is 2.33. The van der Waals surface area contributed by atoms with E-state index in [-0.39, 0.29) is 18.3 Å². The normalized spacial score (nSPS) is 11.9. The largest absolute Gasteiger partial charge is 0.466 e. The maximum atomic E-state index is 11.9. The minimum Gasteiger partial charge on any atom is -0.466 e. The number of hydrogen-bond donors (Lipinski definition) is 1. The van der Waals surface area contributed by atoms with E-state index in [2.05, 4.69) is 9.88 Å². The zero-order chi connectivity index (χ0) is 19.8. The summed E-state index contributed by atoms with van der Waals surface area (Å²) in [5.41, 5.74) is 2.53. The monoisotopic (exact) mass is 390 g/mol. The van der Waals surface area contributed by atoms with Crippen LogP contribution in [0.5, 0.6) is 0 Å². The van der Waals surface area contributed by atoms with Crippen molar-refractivity contribution in [2.75, 3.05) is 26.6 Å². The standard InChI is InChI=1S/C20H26N2O4S/c1-5-17(27-13-23)19-16(11-18(24)25-6-2)21-20(26-19)15-9-7-14(8-10-15)12-22(3)4/h5,7-10,23H,6,11-13H2,1-4H3/b17-5-. The highest BCUT2D eigenvalue weighted by molar-refractivity contribution is 8.08. The smallest absolute Gasteiger partial charge is 0.312 e. The van der Waals surface area contributed by atoms with Gasteiger partial charge in [0, 0.05) is 12.1 Å². The molecular formula is C20H26N2O4S. The maximum absolute atomic E-state index is 11.9. The molecule has 1 aromatic carbocycles. The Morgan fingerprint density at radius 1 is 1.33 bits per heavy atom. The van der Waals surface area contributed by atoms with Crippen LogP contribution >= 0.6 is 11.8 Å². The van der Waals surface area contributed by atoms with Crippen molar-refractivity contribution in [2.45, 2.75) is 26.8 Å². The molecule has 0 unspecified atom stereocenters. The van der Waals surface area contributed by atoms with E-state index in [0.717, 1.165) is 17.0 Å². The molecule has 2 aromatic rings. The molecule has 0 saturated carbocycles. The molecule has 0 atom stereocenters. The molecule has 1 N–H and O–H groups in total. The van der Waals surface area contributed by atoms with Gasteiger partial charge in [-0.2, -0.15) is 0 Å². The van der Waals surface area contributed by atoms with Gasteiger partial charge in [-0.3, -0.25) is 4.79 Å². The Kier molecular flexibility index (Phi) is 8.09. The summed E-state index contributed by atoms with van der Waals surface area (Å²) in [7, 11) is 4.04. The lowest BCUT2D eigenvalue weighted by molar-refractivity contribution is -0.142. The number of hydrogen-bond acceptors (Lipinski definition) is 7. The molecule has 0 radical (unpaired) electrons. The van der Waals surface area contributed by atoms with Crippen LogP contribution in [0, 0.1) is 0 Å². The van der Waals surface area contributed by atoms with Gasteiger partial charge < -0.3 is 19.2 Å². The second-order valence-corrected chi connectivity index (χ2v) is 7.12. The molecule has 0 amide bonds. The summed E-state index contributed by atoms with van der Waals surface area (Å²) in [6.45, 7) is 4.78. The van der Waals surface area contributed by atoms with Crippen molar-refractivity contribution < 1.29 is 19.1 Å². The summed E-state index contributed by atoms with van der Waals surface area (Å²) in [5, 5.41) is 9.28. The minimum atomic E-state index is -0.357. The van der Waals surface area contributed by atoms with Gasteiger partial charge in [0.05, 0.1) is 29.6 Å². The van der Waals surface area contributed by atoms with E-state index in [1.807, 2.05) is 51.4 Å². The van der Waals surface area contributed by atoms with Crippen molar-refractivity contribution in [3.63, 3.8) is 0 Å². The van der Waals surface area contributed by atoms with E-state index in [4.69, 9.17) is 9.15 Å². The van der Waals surface area contributed by atoms with Gasteiger partial charge in [-0.15, -0.1) is 0 Å². The number of aliphatic hydroxyl groups excluding tert-OH is 1. The Morgan fingerprint density at radius 3 is 2.59 bits per heavy atom. The molecule has 27 heavy (non-hydrogen) atoms. The summed E-state index contributed by atoms with van der Waals surface area (Å²) in [4.78, 5) is 19.3. The number of allylic oxidation sites excluding steroid dienone is 1. The van der Waals surface area contributed by atoms with E-state index in [9.17, 15) is 9.90 Å². The number of benzene rings is 1. The maximum Gasteiger partial charge on any atom is 0.312 e. The Bertz CT molecular complexity index is 782. The van der Waals surface area contributed by atoms with Gasteiger partial charge in [-0.1, -0.05) is 30.0 Å². The minimum absolute atomic E-state index is 0.0225. The second kappa shape index (κ2) is 10.3. The molecule has 0 spiro atoms. The fourth-order valence-corrected chi connectivity index (χ4v) is 3.20. The third-order valence-electron chi connectivity index (χ3n) is 3.72. The number of aromatic nitrogens is 1. The Hall–Kier alpha value is -2.09. The third-order valence-corrected chi connectivity index (χ3v) is 4.58. The van der Waals surface area contributed by atoms with Gasteiger partial charge in [0.2, 0.25) is 5.89 Å². The first-order valence-corrected chi connectivity index (χ1v) is 9.76. The number of nitrogens with zero attached hydrogens (tertiary/aromatic N) is 2. The van der Waals surface area contributed by atoms with Crippen LogP contribution in [0.3, 0.4) is 0 Å². The van der Waals surface area contributed by atoms with Crippen LogP contribution in [-0.2, 0) is 22.5 Å². The highest BCUT2D eigenvalue weighted by atomic mass is 32.2. The van der Waals surface area contributed by atoms with E-state index >= 15 is 0 Å². The van der Waals surface area contributed by atoms with Crippen LogP contribution in [-0.4, -0.2) is 47.6 Å². The average Bonchev–Trinajstić information content (AvgIpc) is 3.03. The third kappa shape index (κ3) is 5.95. The van der Waals surface area contributed by atoms with Crippen LogP contribution in [0.15, 0.2) is 34.8 Å². The lowest BCUT2D eigenvalue weighted by Gasteiger charge is -2.09. The molecule has 2 rings (SSSR count). The highest BCUT2D eigenvalue weighted by Gasteiger charge is 2.21. The molecular weight excluding hydrogens is 364 g/mol. The van der Waals surface area contributed by atoms with Crippen LogP contribution < -0.4 is 0 Å². The first kappa shape index (κ1) is 21.2. The van der Waals surface area contributed by atoms with Gasteiger partial charge in [0.15, 0.2) is 5.76 Å². The molecule has 0 aliphatic rings. The number of oxazole rings is 1. The number of esters is 1. The Labute approximate surface area is 164 Å². The van der Waals surface area contributed by atoms with Crippen LogP contribution in [0.25, 0.3) is 16.4 Å². The summed E-state index contributed by atoms with van der Waals surface area (Å²) < 4.78 is 11.0. The quantitative estimate of drug-likeness (QED) is 0.518. The molecule has 0 fully saturated rings. The average molecular weight is 391 g/mol. The molecule has 0 aliphatic heterocycles. The molecule has 6 nitrogen and oxygen atoms in total. The van der Waals surface area contributed by atoms with Gasteiger partial charge in [0.25, 0.3) is 0 Å². The second-order valence-electron chi connectivity index (χ2n) is 6.14. The lowest BCUT2D eigenvalue weighted by Crippen LogP contribution is -2.10. The number of aliphatic hydroxyl groups is 1. The summed E-state index contributed by atoms with van der Waals surface area (Å²) in [5.74, 6) is 0.494. The number of carbonyl (C=O) groups is 1. The first-order chi connectivity index (χ1) is 13.0. The van der Waals surface area contributed by atoms with Crippen molar-refractivity contribution in [1.29, 1.82) is 0 Å². The molecule has 0 aliphatic carbocycles. The Morgan fingerprint density at radius 2 is 2.04 bits per heavy atom. The molecule has 1 aromatic heterocycles. The van der Waals surface area contributed by atoms with Gasteiger partial charge in [-0.25, -0.2) is 4.98 Å². The zero-order valence-electron chi connectivity index (χ0n) is 16.2. The first-order valence-electron chi connectivity index (χ1n) is 8.78. The topological polar surface area (TPSA) is 75.8 Å². The SMILES string of the molecule is C/C=C(\SCO)c1oc(-c2ccc(CN(C)C)cc2)nc1CC(=O)OCC. The number of ether oxygens (including phenoxy) is 1. The predicted octanol–water partition coefficient (Wildman–Crippen LogP) is 3.55. The van der Waals surface area contributed by atoms with Gasteiger partial charge in [0.1, 0.15) is 0 Å². The van der Waals surface area contributed by atoms with Crippen molar-refractivity contribution in [1.82, 2.24) is 9.88 Å². The number of rotatable bonds is 9. The van der Waals surface area contributed by atoms with Gasteiger partial charge in [-0.05, 0) is 45.6 Å². The van der Waals surface area contributed by atoms with Crippen molar-refractivity contribution in [3.8, 4) is 11.5 Å². The predicted molar refractivity (Wildman–Crippen MR) is 108 cm³/mol. The van der Waals surface area contributed by atoms with Crippen molar-refractivity contribution in [3.05, 3.63) is 47.4 Å². The molecule has 0 bridgehead atoms. The van der Waals surface area contributed by atoms with E-state index in [0.29, 0.717) is 24.0 Å². The van der Waals surface area contributed by atoms with Crippen molar-refractivity contribution in [2.24, 2.45) is 0 Å². The fourth-order valence-electron chi connectivity index (χ4n) is 2.60. The van der Waals surface area contributed by atoms with Crippen LogP contribution in [0.2, 0.25) is 0 Å². The fraction of sp³-hybridized carbons (Fsp3) is 0.400. The summed E-state index contributed by atoms with van der Waals surface area (Å²) >= 11 is 1.23. The summed E-state index contributed by atoms with van der Waals surface area (Å²) in [6.07, 6.45) is 1.86. The van der Waals surface area contributed by atoms with Crippen LogP contribution in [0.4, 0.5) is 0 Å². The zero-order valence-corrected chi connectivity index (χ0v) is 17.0. The molecule has 0 saturated heterocycles. The van der Waals surface area contributed by atoms with Crippen LogP contribution in [0.1, 0.15) is 30.9 Å². The molecule has 7 heteroatoms. The van der Waals surface area contributed by atoms with E-state index in [1.54, 1.807) is 6.92 Å². The lowest BCUT2D eigenvalue weighted by atomic mass is 10.1. The van der Waals surface area contributed by atoms with Gasteiger partial charge >= 0.3 is 5.97 Å². The summed E-state index contributed by atoms with van der Waals surface area (Å²) in [6, 6.07) is 7.97. The van der Waals surface area contributed by atoms with E-state index in [1.165, 1.54) is 17.3 Å². The van der Waals surface area contributed by atoms with Crippen molar-refractivity contribution >= 4 is 22.6 Å². The number of carbonyl (C=O) groups excluding carboxylic acids is 1.